The van der Waals surface area contributed by atoms with Crippen molar-refractivity contribution in [1.82, 2.24) is 4.98 Å². The SMILES string of the molecule is CCC[CH]c1nccs1. The van der Waals surface area contributed by atoms with Gasteiger partial charge in [0.15, 0.2) is 0 Å². The molecule has 0 aliphatic heterocycles. The average Bonchev–Trinajstić information content (AvgIpc) is 2.34. The van der Waals surface area contributed by atoms with Gasteiger partial charge in [-0.2, -0.15) is 0 Å². The molecule has 0 spiro atoms. The number of rotatable bonds is 3. The lowest BCUT2D eigenvalue weighted by Crippen LogP contribution is -1.76. The summed E-state index contributed by atoms with van der Waals surface area (Å²) >= 11 is 1.70. The van der Waals surface area contributed by atoms with E-state index in [1.165, 1.54) is 6.42 Å². The highest BCUT2D eigenvalue weighted by atomic mass is 32.1. The Bertz CT molecular complexity index is 146. The Hall–Kier alpha value is -0.370. The summed E-state index contributed by atoms with van der Waals surface area (Å²) in [6.07, 6.45) is 6.36. The molecule has 0 saturated carbocycles. The number of thiazole rings is 1. The average molecular weight is 140 g/mol. The summed E-state index contributed by atoms with van der Waals surface area (Å²) in [5, 5.41) is 3.15. The molecule has 1 nitrogen and oxygen atoms in total. The molecule has 1 aromatic heterocycles. The van der Waals surface area contributed by atoms with E-state index in [4.69, 9.17) is 0 Å². The molecule has 1 heterocycles. The van der Waals surface area contributed by atoms with E-state index < -0.39 is 0 Å². The molecule has 0 unspecified atom stereocenters. The molecule has 1 rings (SSSR count). The highest BCUT2D eigenvalue weighted by Gasteiger charge is 1.91. The van der Waals surface area contributed by atoms with Crippen molar-refractivity contribution in [2.45, 2.75) is 19.8 Å². The summed E-state index contributed by atoms with van der Waals surface area (Å²) in [5.41, 5.74) is 0. The van der Waals surface area contributed by atoms with Gasteiger partial charge in [0.2, 0.25) is 0 Å². The van der Waals surface area contributed by atoms with Gasteiger partial charge in [-0.25, -0.2) is 4.98 Å². The Balaban J connectivity index is 2.30. The number of unbranched alkanes of at least 4 members (excludes halogenated alkanes) is 1. The van der Waals surface area contributed by atoms with Gasteiger partial charge in [0.05, 0.1) is 5.01 Å². The number of nitrogens with zero attached hydrogens (tertiary/aromatic N) is 1. The predicted molar refractivity (Wildman–Crippen MR) is 40.4 cm³/mol. The fourth-order valence-corrected chi connectivity index (χ4v) is 1.20. The molecule has 0 saturated heterocycles. The van der Waals surface area contributed by atoms with Crippen molar-refractivity contribution in [3.63, 3.8) is 0 Å². The van der Waals surface area contributed by atoms with Gasteiger partial charge in [0, 0.05) is 18.0 Å². The molecule has 0 atom stereocenters. The lowest BCUT2D eigenvalue weighted by atomic mass is 10.3. The Labute approximate surface area is 59.8 Å². The van der Waals surface area contributed by atoms with E-state index in [-0.39, 0.29) is 0 Å². The van der Waals surface area contributed by atoms with Crippen LogP contribution in [-0.4, -0.2) is 4.98 Å². The van der Waals surface area contributed by atoms with Crippen molar-refractivity contribution in [2.75, 3.05) is 0 Å². The lowest BCUT2D eigenvalue weighted by Gasteiger charge is -1.88. The van der Waals surface area contributed by atoms with Crippen LogP contribution in [0, 0.1) is 6.42 Å². The van der Waals surface area contributed by atoms with Crippen LogP contribution in [0.2, 0.25) is 0 Å². The summed E-state index contributed by atoms with van der Waals surface area (Å²) in [4.78, 5) is 4.12. The first-order valence-electron chi connectivity index (χ1n) is 3.16. The van der Waals surface area contributed by atoms with Crippen LogP contribution in [0.4, 0.5) is 0 Å². The molecule has 1 aromatic rings. The molecule has 9 heavy (non-hydrogen) atoms. The number of aromatic nitrogens is 1. The van der Waals surface area contributed by atoms with Crippen molar-refractivity contribution in [3.05, 3.63) is 23.0 Å². The van der Waals surface area contributed by atoms with E-state index in [1.54, 1.807) is 11.3 Å². The fourth-order valence-electron chi connectivity index (χ4n) is 0.603. The van der Waals surface area contributed by atoms with Crippen LogP contribution in [0.15, 0.2) is 11.6 Å². The van der Waals surface area contributed by atoms with Gasteiger partial charge in [-0.15, -0.1) is 11.3 Å². The van der Waals surface area contributed by atoms with Gasteiger partial charge >= 0.3 is 0 Å². The van der Waals surface area contributed by atoms with Crippen LogP contribution in [-0.2, 0) is 0 Å². The van der Waals surface area contributed by atoms with Gasteiger partial charge in [0.1, 0.15) is 0 Å². The third-order valence-electron chi connectivity index (χ3n) is 1.06. The van der Waals surface area contributed by atoms with E-state index in [9.17, 15) is 0 Å². The number of hydrogen-bond acceptors (Lipinski definition) is 2. The fraction of sp³-hybridized carbons (Fsp3) is 0.429. The summed E-state index contributed by atoms with van der Waals surface area (Å²) in [7, 11) is 0. The monoisotopic (exact) mass is 140 g/mol. The summed E-state index contributed by atoms with van der Waals surface area (Å²) in [6.45, 7) is 2.17. The largest absolute Gasteiger partial charge is 0.249 e. The van der Waals surface area contributed by atoms with Crippen LogP contribution in [0.25, 0.3) is 0 Å². The molecule has 1 radical (unpaired) electrons. The zero-order valence-electron chi connectivity index (χ0n) is 5.50. The van der Waals surface area contributed by atoms with E-state index >= 15 is 0 Å². The quantitative estimate of drug-likeness (QED) is 0.628. The van der Waals surface area contributed by atoms with Crippen LogP contribution >= 0.6 is 11.3 Å². The molecule has 49 valence electrons. The third-order valence-corrected chi connectivity index (χ3v) is 1.83. The van der Waals surface area contributed by atoms with E-state index in [1.807, 2.05) is 11.6 Å². The van der Waals surface area contributed by atoms with Crippen molar-refractivity contribution in [1.29, 1.82) is 0 Å². The smallest absolute Gasteiger partial charge is 0.0962 e. The maximum atomic E-state index is 4.12. The summed E-state index contributed by atoms with van der Waals surface area (Å²) in [5.74, 6) is 0. The minimum atomic E-state index is 1.15. The maximum Gasteiger partial charge on any atom is 0.0962 e. The molecular weight excluding hydrogens is 130 g/mol. The summed E-state index contributed by atoms with van der Waals surface area (Å²) in [6, 6.07) is 0. The topological polar surface area (TPSA) is 12.9 Å². The van der Waals surface area contributed by atoms with E-state index in [0.717, 1.165) is 11.4 Å². The second-order valence-electron chi connectivity index (χ2n) is 1.86. The van der Waals surface area contributed by atoms with Gasteiger partial charge < -0.3 is 0 Å². The molecular formula is C7H10NS. The van der Waals surface area contributed by atoms with Crippen molar-refractivity contribution in [3.8, 4) is 0 Å². The Morgan fingerprint density at radius 3 is 3.22 bits per heavy atom. The lowest BCUT2D eigenvalue weighted by molar-refractivity contribution is 0.910. The second kappa shape index (κ2) is 3.62. The van der Waals surface area contributed by atoms with Gasteiger partial charge in [-0.3, -0.25) is 0 Å². The third kappa shape index (κ3) is 2.14. The van der Waals surface area contributed by atoms with Crippen LogP contribution in [0.3, 0.4) is 0 Å². The van der Waals surface area contributed by atoms with Gasteiger partial charge in [0.25, 0.3) is 0 Å². The Morgan fingerprint density at radius 2 is 2.67 bits per heavy atom. The summed E-state index contributed by atoms with van der Waals surface area (Å²) < 4.78 is 0. The van der Waals surface area contributed by atoms with Crippen molar-refractivity contribution in [2.24, 2.45) is 0 Å². The minimum Gasteiger partial charge on any atom is -0.249 e. The zero-order chi connectivity index (χ0) is 6.53. The minimum absolute atomic E-state index is 1.15. The van der Waals surface area contributed by atoms with Crippen LogP contribution in [0.5, 0.6) is 0 Å². The molecule has 0 N–H and O–H groups in total. The first kappa shape index (κ1) is 6.75. The molecule has 0 fully saturated rings. The van der Waals surface area contributed by atoms with E-state index in [2.05, 4.69) is 18.3 Å². The van der Waals surface area contributed by atoms with Crippen LogP contribution in [0.1, 0.15) is 24.8 Å². The van der Waals surface area contributed by atoms with Crippen LogP contribution < -0.4 is 0 Å². The van der Waals surface area contributed by atoms with Crippen molar-refractivity contribution < 1.29 is 0 Å². The molecule has 2 heteroatoms. The highest BCUT2D eigenvalue weighted by Crippen LogP contribution is 2.09. The standard InChI is InChI=1S/C7H10NS/c1-2-3-4-7-8-5-6-9-7/h4-6H,2-3H2,1H3. The molecule has 0 amide bonds. The first-order chi connectivity index (χ1) is 4.43. The van der Waals surface area contributed by atoms with E-state index in [0.29, 0.717) is 0 Å². The second-order valence-corrected chi connectivity index (χ2v) is 2.79. The molecule has 0 aliphatic rings. The van der Waals surface area contributed by atoms with Crippen molar-refractivity contribution >= 4 is 11.3 Å². The zero-order valence-corrected chi connectivity index (χ0v) is 6.32. The normalized spacial score (nSPS) is 9.89. The maximum absolute atomic E-state index is 4.12. The molecule has 0 aliphatic carbocycles. The Kier molecular flexibility index (Phi) is 2.71. The Morgan fingerprint density at radius 1 is 1.78 bits per heavy atom. The highest BCUT2D eigenvalue weighted by molar-refractivity contribution is 7.09. The number of hydrogen-bond donors (Lipinski definition) is 0. The van der Waals surface area contributed by atoms with Gasteiger partial charge in [-0.1, -0.05) is 13.3 Å². The first-order valence-corrected chi connectivity index (χ1v) is 4.04. The predicted octanol–water partition coefficient (Wildman–Crippen LogP) is 2.50. The van der Waals surface area contributed by atoms with Gasteiger partial charge in [-0.05, 0) is 6.42 Å². The molecule has 0 bridgehead atoms. The molecule has 0 aromatic carbocycles.